The second-order valence-electron chi connectivity index (χ2n) is 7.46. The van der Waals surface area contributed by atoms with Crippen molar-refractivity contribution in [2.24, 2.45) is 5.92 Å². The SMILES string of the molecule is CC(C)CCCCCCCCCCCNCOc1cc(O)c(O)c(O)c1. The van der Waals surface area contributed by atoms with Gasteiger partial charge in [-0.05, 0) is 18.9 Å². The molecule has 5 nitrogen and oxygen atoms in total. The molecule has 0 aliphatic carbocycles. The van der Waals surface area contributed by atoms with Gasteiger partial charge >= 0.3 is 0 Å². The molecule has 0 aromatic heterocycles. The predicted octanol–water partition coefficient (Wildman–Crippen LogP) is 5.29. The zero-order chi connectivity index (χ0) is 19.2. The number of rotatable bonds is 15. The summed E-state index contributed by atoms with van der Waals surface area (Å²) in [5.41, 5.74) is 0. The largest absolute Gasteiger partial charge is 0.504 e. The van der Waals surface area contributed by atoms with Gasteiger partial charge in [-0.15, -0.1) is 0 Å². The monoisotopic (exact) mass is 367 g/mol. The lowest BCUT2D eigenvalue weighted by Crippen LogP contribution is -2.21. The maximum absolute atomic E-state index is 9.40. The van der Waals surface area contributed by atoms with Gasteiger partial charge in [0.05, 0.1) is 0 Å². The van der Waals surface area contributed by atoms with Gasteiger partial charge in [-0.25, -0.2) is 0 Å². The highest BCUT2D eigenvalue weighted by atomic mass is 16.5. The molecule has 26 heavy (non-hydrogen) atoms. The van der Waals surface area contributed by atoms with Crippen LogP contribution in [0.15, 0.2) is 12.1 Å². The summed E-state index contributed by atoms with van der Waals surface area (Å²) < 4.78 is 5.39. The van der Waals surface area contributed by atoms with Crippen molar-refractivity contribution in [2.45, 2.75) is 78.1 Å². The molecule has 0 aliphatic rings. The first kappa shape index (κ1) is 22.4. The van der Waals surface area contributed by atoms with Crippen LogP contribution in [0.5, 0.6) is 23.0 Å². The summed E-state index contributed by atoms with van der Waals surface area (Å²) >= 11 is 0. The fourth-order valence-corrected chi connectivity index (χ4v) is 2.91. The van der Waals surface area contributed by atoms with Crippen LogP contribution in [-0.4, -0.2) is 28.6 Å². The highest BCUT2D eigenvalue weighted by Gasteiger charge is 2.08. The van der Waals surface area contributed by atoms with Crippen molar-refractivity contribution >= 4 is 0 Å². The van der Waals surface area contributed by atoms with Crippen LogP contribution in [-0.2, 0) is 0 Å². The highest BCUT2D eigenvalue weighted by Crippen LogP contribution is 2.38. The molecular formula is C21H37NO4. The third-order valence-corrected chi connectivity index (χ3v) is 4.52. The normalized spacial score (nSPS) is 11.2. The molecule has 0 heterocycles. The maximum atomic E-state index is 9.40. The number of aromatic hydroxyl groups is 3. The zero-order valence-electron chi connectivity index (χ0n) is 16.5. The Morgan fingerprint density at radius 2 is 1.31 bits per heavy atom. The Hall–Kier alpha value is -1.62. The molecule has 150 valence electrons. The molecule has 0 unspecified atom stereocenters. The van der Waals surface area contributed by atoms with Crippen molar-refractivity contribution in [3.8, 4) is 23.0 Å². The van der Waals surface area contributed by atoms with Crippen LogP contribution in [0, 0.1) is 5.92 Å². The third-order valence-electron chi connectivity index (χ3n) is 4.52. The topological polar surface area (TPSA) is 82.0 Å². The number of benzene rings is 1. The Morgan fingerprint density at radius 3 is 1.85 bits per heavy atom. The van der Waals surface area contributed by atoms with Crippen molar-refractivity contribution < 1.29 is 20.1 Å². The molecular weight excluding hydrogens is 330 g/mol. The molecule has 0 saturated carbocycles. The van der Waals surface area contributed by atoms with Gasteiger partial charge in [-0.3, -0.25) is 5.32 Å². The Labute approximate surface area is 158 Å². The van der Waals surface area contributed by atoms with E-state index in [0.29, 0.717) is 12.5 Å². The number of phenolic OH excluding ortho intramolecular Hbond substituents is 3. The van der Waals surface area contributed by atoms with Gasteiger partial charge in [-0.1, -0.05) is 71.6 Å². The molecule has 4 N–H and O–H groups in total. The summed E-state index contributed by atoms with van der Waals surface area (Å²) in [5.74, 6) is -0.145. The summed E-state index contributed by atoms with van der Waals surface area (Å²) in [6.07, 6.45) is 13.2. The molecule has 0 atom stereocenters. The zero-order valence-corrected chi connectivity index (χ0v) is 16.5. The fourth-order valence-electron chi connectivity index (χ4n) is 2.91. The van der Waals surface area contributed by atoms with Crippen LogP contribution in [0.4, 0.5) is 0 Å². The van der Waals surface area contributed by atoms with E-state index < -0.39 is 5.75 Å². The van der Waals surface area contributed by atoms with Gasteiger partial charge in [0.25, 0.3) is 0 Å². The smallest absolute Gasteiger partial charge is 0.200 e. The van der Waals surface area contributed by atoms with Crippen molar-refractivity contribution in [1.29, 1.82) is 0 Å². The quantitative estimate of drug-likeness (QED) is 0.192. The average molecular weight is 368 g/mol. The second-order valence-corrected chi connectivity index (χ2v) is 7.46. The first-order valence-corrected chi connectivity index (χ1v) is 10.1. The van der Waals surface area contributed by atoms with E-state index in [-0.39, 0.29) is 11.5 Å². The summed E-state index contributed by atoms with van der Waals surface area (Å²) in [7, 11) is 0. The summed E-state index contributed by atoms with van der Waals surface area (Å²) in [6.45, 7) is 5.78. The van der Waals surface area contributed by atoms with Crippen LogP contribution < -0.4 is 10.1 Å². The Kier molecular flexibility index (Phi) is 11.7. The fraction of sp³-hybridized carbons (Fsp3) is 0.714. The second kappa shape index (κ2) is 13.6. The van der Waals surface area contributed by atoms with Crippen LogP contribution in [0.25, 0.3) is 0 Å². The van der Waals surface area contributed by atoms with E-state index in [4.69, 9.17) is 4.74 Å². The van der Waals surface area contributed by atoms with Crippen LogP contribution in [0.2, 0.25) is 0 Å². The number of hydrogen-bond donors (Lipinski definition) is 4. The van der Waals surface area contributed by atoms with Gasteiger partial charge in [0.2, 0.25) is 5.75 Å². The summed E-state index contributed by atoms with van der Waals surface area (Å²) in [6, 6.07) is 2.55. The lowest BCUT2D eigenvalue weighted by atomic mass is 10.0. The molecule has 1 rings (SSSR count). The summed E-state index contributed by atoms with van der Waals surface area (Å²) in [5, 5.41) is 31.2. The van der Waals surface area contributed by atoms with Crippen molar-refractivity contribution in [2.75, 3.05) is 13.3 Å². The molecule has 1 aromatic carbocycles. The van der Waals surface area contributed by atoms with Crippen LogP contribution in [0.3, 0.4) is 0 Å². The Bertz CT molecular complexity index is 468. The maximum Gasteiger partial charge on any atom is 0.200 e. The Morgan fingerprint density at radius 1 is 0.808 bits per heavy atom. The lowest BCUT2D eigenvalue weighted by molar-refractivity contribution is 0.277. The lowest BCUT2D eigenvalue weighted by Gasteiger charge is -2.09. The van der Waals surface area contributed by atoms with Crippen LogP contribution >= 0.6 is 0 Å². The molecule has 0 fully saturated rings. The van der Waals surface area contributed by atoms with Gasteiger partial charge in [0, 0.05) is 12.1 Å². The first-order valence-electron chi connectivity index (χ1n) is 10.1. The van der Waals surface area contributed by atoms with Gasteiger partial charge in [0.15, 0.2) is 11.5 Å². The molecule has 0 amide bonds. The first-order chi connectivity index (χ1) is 12.5. The summed E-state index contributed by atoms with van der Waals surface area (Å²) in [4.78, 5) is 0. The van der Waals surface area contributed by atoms with Crippen molar-refractivity contribution in [1.82, 2.24) is 5.32 Å². The Balaban J connectivity index is 1.88. The van der Waals surface area contributed by atoms with E-state index in [2.05, 4.69) is 19.2 Å². The minimum Gasteiger partial charge on any atom is -0.504 e. The standard InChI is InChI=1S/C21H37NO4/c1-17(2)12-10-8-6-4-3-5-7-9-11-13-22-16-26-18-14-19(23)21(25)20(24)15-18/h14-15,17,22-25H,3-13,16H2,1-2H3. The van der Waals surface area contributed by atoms with Gasteiger partial charge in [-0.2, -0.15) is 0 Å². The van der Waals surface area contributed by atoms with E-state index in [1.54, 1.807) is 0 Å². The van der Waals surface area contributed by atoms with Gasteiger partial charge in [0.1, 0.15) is 12.5 Å². The number of unbranched alkanes of at least 4 members (excludes halogenated alkanes) is 8. The number of phenols is 3. The number of nitrogens with one attached hydrogen (secondary N) is 1. The van der Waals surface area contributed by atoms with Crippen LogP contribution in [0.1, 0.15) is 78.1 Å². The predicted molar refractivity (Wildman–Crippen MR) is 106 cm³/mol. The molecule has 0 bridgehead atoms. The molecule has 0 radical (unpaired) electrons. The number of hydrogen-bond acceptors (Lipinski definition) is 5. The van der Waals surface area contributed by atoms with E-state index in [9.17, 15) is 15.3 Å². The molecule has 0 saturated heterocycles. The van der Waals surface area contributed by atoms with E-state index in [1.807, 2.05) is 0 Å². The molecule has 1 aromatic rings. The van der Waals surface area contributed by atoms with Crippen molar-refractivity contribution in [3.05, 3.63) is 12.1 Å². The van der Waals surface area contributed by atoms with E-state index >= 15 is 0 Å². The number of ether oxygens (including phenoxy) is 1. The van der Waals surface area contributed by atoms with Gasteiger partial charge < -0.3 is 20.1 Å². The minimum absolute atomic E-state index is 0.306. The molecule has 0 aliphatic heterocycles. The van der Waals surface area contributed by atoms with Crippen molar-refractivity contribution in [3.63, 3.8) is 0 Å². The molecule has 0 spiro atoms. The highest BCUT2D eigenvalue weighted by molar-refractivity contribution is 5.53. The molecule has 5 heteroatoms. The van der Waals surface area contributed by atoms with E-state index in [0.717, 1.165) is 18.9 Å². The third kappa shape index (κ3) is 10.4. The van der Waals surface area contributed by atoms with E-state index in [1.165, 1.54) is 69.9 Å². The average Bonchev–Trinajstić information content (AvgIpc) is 2.59. The minimum atomic E-state index is -0.527.